The summed E-state index contributed by atoms with van der Waals surface area (Å²) in [5, 5.41) is 9.23. The van der Waals surface area contributed by atoms with E-state index in [2.05, 4.69) is 0 Å². The Labute approximate surface area is 106 Å². The summed E-state index contributed by atoms with van der Waals surface area (Å²) in [4.78, 5) is 11.2. The van der Waals surface area contributed by atoms with Crippen LogP contribution in [-0.4, -0.2) is 24.3 Å². The second-order valence-electron chi connectivity index (χ2n) is 4.96. The smallest absolute Gasteiger partial charge is 0.307 e. The average molecular weight is 248 g/mol. The van der Waals surface area contributed by atoms with E-state index in [1.54, 1.807) is 0 Å². The molecule has 3 rings (SSSR count). The molecule has 1 fully saturated rings. The SMILES string of the molecule is O=C(O)C(Cc1ccc2c(c1)OCCO2)C1CC1. The van der Waals surface area contributed by atoms with Crippen molar-refractivity contribution in [2.24, 2.45) is 11.8 Å². The van der Waals surface area contributed by atoms with Gasteiger partial charge in [-0.25, -0.2) is 0 Å². The summed E-state index contributed by atoms with van der Waals surface area (Å²) in [5.74, 6) is 0.901. The zero-order valence-electron chi connectivity index (χ0n) is 10.1. The molecule has 4 heteroatoms. The minimum absolute atomic E-state index is 0.257. The van der Waals surface area contributed by atoms with Crippen LogP contribution in [0.25, 0.3) is 0 Å². The van der Waals surface area contributed by atoms with Gasteiger partial charge in [-0.15, -0.1) is 0 Å². The Bertz CT molecular complexity index is 465. The maximum Gasteiger partial charge on any atom is 0.307 e. The normalized spacial score (nSPS) is 19.3. The third kappa shape index (κ3) is 2.28. The van der Waals surface area contributed by atoms with Gasteiger partial charge in [0.2, 0.25) is 0 Å². The molecule has 1 N–H and O–H groups in total. The monoisotopic (exact) mass is 248 g/mol. The minimum Gasteiger partial charge on any atom is -0.486 e. The lowest BCUT2D eigenvalue weighted by Gasteiger charge is -2.19. The molecule has 1 aliphatic carbocycles. The van der Waals surface area contributed by atoms with Gasteiger partial charge in [0.05, 0.1) is 5.92 Å². The van der Waals surface area contributed by atoms with Gasteiger partial charge in [0.15, 0.2) is 11.5 Å². The third-order valence-corrected chi connectivity index (χ3v) is 3.57. The fraction of sp³-hybridized carbons (Fsp3) is 0.500. The maximum absolute atomic E-state index is 11.2. The van der Waals surface area contributed by atoms with Gasteiger partial charge >= 0.3 is 5.97 Å². The second-order valence-corrected chi connectivity index (χ2v) is 4.96. The lowest BCUT2D eigenvalue weighted by molar-refractivity contribution is -0.142. The molecular weight excluding hydrogens is 232 g/mol. The van der Waals surface area contributed by atoms with Gasteiger partial charge in [-0.05, 0) is 42.9 Å². The lowest BCUT2D eigenvalue weighted by atomic mass is 9.94. The molecule has 0 bridgehead atoms. The van der Waals surface area contributed by atoms with Crippen molar-refractivity contribution in [3.8, 4) is 11.5 Å². The number of hydrogen-bond donors (Lipinski definition) is 1. The molecule has 1 unspecified atom stereocenters. The van der Waals surface area contributed by atoms with Crippen LogP contribution in [0.2, 0.25) is 0 Å². The van der Waals surface area contributed by atoms with Crippen LogP contribution in [0.4, 0.5) is 0 Å². The van der Waals surface area contributed by atoms with Crippen LogP contribution in [0, 0.1) is 11.8 Å². The van der Waals surface area contributed by atoms with Crippen LogP contribution < -0.4 is 9.47 Å². The molecule has 18 heavy (non-hydrogen) atoms. The molecule has 0 amide bonds. The van der Waals surface area contributed by atoms with Gasteiger partial charge < -0.3 is 14.6 Å². The van der Waals surface area contributed by atoms with Gasteiger partial charge in [0, 0.05) is 0 Å². The van der Waals surface area contributed by atoms with Crippen LogP contribution in [0.1, 0.15) is 18.4 Å². The molecular formula is C14H16O4. The Morgan fingerprint density at radius 3 is 2.67 bits per heavy atom. The first kappa shape index (κ1) is 11.4. The topological polar surface area (TPSA) is 55.8 Å². The zero-order chi connectivity index (χ0) is 12.5. The molecule has 2 aliphatic rings. The summed E-state index contributed by atoms with van der Waals surface area (Å²) < 4.78 is 11.0. The summed E-state index contributed by atoms with van der Waals surface area (Å²) in [5.41, 5.74) is 1.01. The molecule has 0 saturated heterocycles. The van der Waals surface area contributed by atoms with E-state index in [0.717, 1.165) is 29.9 Å². The highest BCUT2D eigenvalue weighted by Gasteiger charge is 2.36. The number of hydrogen-bond acceptors (Lipinski definition) is 3. The molecule has 1 aliphatic heterocycles. The van der Waals surface area contributed by atoms with Crippen molar-refractivity contribution >= 4 is 5.97 Å². The lowest BCUT2D eigenvalue weighted by Crippen LogP contribution is -2.19. The van der Waals surface area contributed by atoms with Gasteiger partial charge in [-0.3, -0.25) is 4.79 Å². The summed E-state index contributed by atoms with van der Waals surface area (Å²) in [7, 11) is 0. The van der Waals surface area contributed by atoms with E-state index in [9.17, 15) is 9.90 Å². The zero-order valence-corrected chi connectivity index (χ0v) is 10.1. The third-order valence-electron chi connectivity index (χ3n) is 3.57. The van der Waals surface area contributed by atoms with Gasteiger partial charge in [-0.2, -0.15) is 0 Å². The van der Waals surface area contributed by atoms with Crippen molar-refractivity contribution < 1.29 is 19.4 Å². The number of carboxylic acid groups (broad SMARTS) is 1. The fourth-order valence-electron chi connectivity index (χ4n) is 2.42. The van der Waals surface area contributed by atoms with E-state index < -0.39 is 5.97 Å². The molecule has 4 nitrogen and oxygen atoms in total. The molecule has 1 aromatic carbocycles. The van der Waals surface area contributed by atoms with E-state index in [1.165, 1.54) is 0 Å². The minimum atomic E-state index is -0.688. The number of aliphatic carboxylic acids is 1. The summed E-state index contributed by atoms with van der Waals surface area (Å²) >= 11 is 0. The standard InChI is InChI=1S/C14H16O4/c15-14(16)11(10-2-3-10)7-9-1-4-12-13(8-9)18-6-5-17-12/h1,4,8,10-11H,2-3,5-7H2,(H,15,16). The van der Waals surface area contributed by atoms with Crippen molar-refractivity contribution in [3.63, 3.8) is 0 Å². The van der Waals surface area contributed by atoms with Gasteiger partial charge in [0.1, 0.15) is 13.2 Å². The highest BCUT2D eigenvalue weighted by molar-refractivity contribution is 5.71. The molecule has 1 heterocycles. The van der Waals surface area contributed by atoms with E-state index >= 15 is 0 Å². The number of carbonyl (C=O) groups is 1. The Kier molecular flexibility index (Phi) is 2.86. The number of fused-ring (bicyclic) bond motifs is 1. The Morgan fingerprint density at radius 2 is 2.00 bits per heavy atom. The van der Waals surface area contributed by atoms with Crippen molar-refractivity contribution in [3.05, 3.63) is 23.8 Å². The molecule has 96 valence electrons. The first-order valence-corrected chi connectivity index (χ1v) is 6.35. The van der Waals surface area contributed by atoms with E-state index in [0.29, 0.717) is 25.6 Å². The Balaban J connectivity index is 1.77. The quantitative estimate of drug-likeness (QED) is 0.886. The van der Waals surface area contributed by atoms with Crippen molar-refractivity contribution in [1.29, 1.82) is 0 Å². The second kappa shape index (κ2) is 4.52. The number of carboxylic acids is 1. The molecule has 1 aromatic rings. The maximum atomic E-state index is 11.2. The number of benzene rings is 1. The van der Waals surface area contributed by atoms with E-state index in [-0.39, 0.29) is 5.92 Å². The largest absolute Gasteiger partial charge is 0.486 e. The van der Waals surface area contributed by atoms with Crippen LogP contribution in [0.5, 0.6) is 11.5 Å². The molecule has 1 saturated carbocycles. The fourth-order valence-corrected chi connectivity index (χ4v) is 2.42. The molecule has 1 atom stereocenters. The Hall–Kier alpha value is -1.71. The first-order valence-electron chi connectivity index (χ1n) is 6.35. The highest BCUT2D eigenvalue weighted by atomic mass is 16.6. The van der Waals surface area contributed by atoms with Crippen LogP contribution in [0.15, 0.2) is 18.2 Å². The predicted molar refractivity (Wildman–Crippen MR) is 65.0 cm³/mol. The van der Waals surface area contributed by atoms with Crippen molar-refractivity contribution in [2.45, 2.75) is 19.3 Å². The van der Waals surface area contributed by atoms with Crippen LogP contribution >= 0.6 is 0 Å². The molecule has 0 radical (unpaired) electrons. The average Bonchev–Trinajstić information content (AvgIpc) is 3.19. The van der Waals surface area contributed by atoms with E-state index in [4.69, 9.17) is 9.47 Å². The van der Waals surface area contributed by atoms with Crippen LogP contribution in [-0.2, 0) is 11.2 Å². The summed E-state index contributed by atoms with van der Waals surface area (Å²) in [6.45, 7) is 1.13. The van der Waals surface area contributed by atoms with Crippen molar-refractivity contribution in [2.75, 3.05) is 13.2 Å². The predicted octanol–water partition coefficient (Wildman–Crippen LogP) is 2.11. The van der Waals surface area contributed by atoms with Crippen LogP contribution in [0.3, 0.4) is 0 Å². The molecule has 0 aromatic heterocycles. The van der Waals surface area contributed by atoms with E-state index in [1.807, 2.05) is 18.2 Å². The van der Waals surface area contributed by atoms with Gasteiger partial charge in [-0.1, -0.05) is 6.07 Å². The summed E-state index contributed by atoms with van der Waals surface area (Å²) in [6.07, 6.45) is 2.67. The highest BCUT2D eigenvalue weighted by Crippen LogP contribution is 2.39. The number of rotatable bonds is 4. The molecule has 0 spiro atoms. The van der Waals surface area contributed by atoms with Gasteiger partial charge in [0.25, 0.3) is 0 Å². The Morgan fingerprint density at radius 1 is 1.28 bits per heavy atom. The summed E-state index contributed by atoms with van der Waals surface area (Å²) in [6, 6.07) is 5.72. The first-order chi connectivity index (χ1) is 8.74. The van der Waals surface area contributed by atoms with Crippen molar-refractivity contribution in [1.82, 2.24) is 0 Å². The number of ether oxygens (including phenoxy) is 2.